The van der Waals surface area contributed by atoms with Gasteiger partial charge >= 0.3 is 0 Å². The first-order valence-corrected chi connectivity index (χ1v) is 4.72. The van der Waals surface area contributed by atoms with E-state index in [-0.39, 0.29) is 11.7 Å². The fraction of sp³-hybridized carbons (Fsp3) is 0.250. The Bertz CT molecular complexity index is 463. The van der Waals surface area contributed by atoms with Crippen LogP contribution in [0.5, 0.6) is 0 Å². The summed E-state index contributed by atoms with van der Waals surface area (Å²) < 4.78 is 13.9. The molecule has 2 aromatic rings. The van der Waals surface area contributed by atoms with Gasteiger partial charge in [-0.25, -0.2) is 4.39 Å². The highest BCUT2D eigenvalue weighted by molar-refractivity contribution is 5.82. The Morgan fingerprint density at radius 2 is 2.00 bits per heavy atom. The first kappa shape index (κ1) is 9.13. The van der Waals surface area contributed by atoms with E-state index >= 15 is 0 Å². The second-order valence-corrected chi connectivity index (χ2v) is 3.72. The molecule has 0 fully saturated rings. The average molecular weight is 189 g/mol. The van der Waals surface area contributed by atoms with Crippen LogP contribution in [0, 0.1) is 5.82 Å². The van der Waals surface area contributed by atoms with Gasteiger partial charge in [0.2, 0.25) is 0 Å². The van der Waals surface area contributed by atoms with Gasteiger partial charge in [-0.2, -0.15) is 0 Å². The molecule has 0 unspecified atom stereocenters. The van der Waals surface area contributed by atoms with E-state index in [1.165, 1.54) is 0 Å². The topological polar surface area (TPSA) is 12.9 Å². The Balaban J connectivity index is 2.75. The quantitative estimate of drug-likeness (QED) is 0.669. The highest BCUT2D eigenvalue weighted by Gasteiger charge is 2.09. The minimum absolute atomic E-state index is 0.111. The largest absolute Gasteiger partial charge is 0.264 e. The normalized spacial score (nSPS) is 11.1. The molecular weight excluding hydrogens is 177 g/mol. The molecule has 72 valence electrons. The number of halogens is 1. The average Bonchev–Trinajstić information content (AvgIpc) is 2.18. The zero-order chi connectivity index (χ0) is 10.1. The number of hydrogen-bond donors (Lipinski definition) is 0. The van der Waals surface area contributed by atoms with Crippen LogP contribution in [0.25, 0.3) is 10.8 Å². The summed E-state index contributed by atoms with van der Waals surface area (Å²) in [6, 6.07) is 5.47. The number of benzene rings is 1. The SMILES string of the molecule is CC(C)c1ccc2cnccc2c1F. The molecule has 0 spiro atoms. The monoisotopic (exact) mass is 189 g/mol. The van der Waals surface area contributed by atoms with Crippen LogP contribution in [0.2, 0.25) is 0 Å². The Kier molecular flexibility index (Phi) is 2.20. The molecule has 2 heteroatoms. The van der Waals surface area contributed by atoms with Crippen LogP contribution < -0.4 is 0 Å². The molecule has 0 saturated carbocycles. The summed E-state index contributed by atoms with van der Waals surface area (Å²) in [6.07, 6.45) is 3.30. The predicted octanol–water partition coefficient (Wildman–Crippen LogP) is 3.50. The van der Waals surface area contributed by atoms with Crippen LogP contribution in [0.3, 0.4) is 0 Å². The molecule has 0 amide bonds. The van der Waals surface area contributed by atoms with E-state index in [9.17, 15) is 4.39 Å². The van der Waals surface area contributed by atoms with Gasteiger partial charge in [0.1, 0.15) is 5.82 Å². The molecule has 0 radical (unpaired) electrons. The lowest BCUT2D eigenvalue weighted by Crippen LogP contribution is -1.93. The fourth-order valence-corrected chi connectivity index (χ4v) is 1.59. The molecule has 0 atom stereocenters. The van der Waals surface area contributed by atoms with Gasteiger partial charge < -0.3 is 0 Å². The van der Waals surface area contributed by atoms with Crippen LogP contribution >= 0.6 is 0 Å². The zero-order valence-electron chi connectivity index (χ0n) is 8.29. The summed E-state index contributed by atoms with van der Waals surface area (Å²) in [5.74, 6) is 0.104. The van der Waals surface area contributed by atoms with E-state index in [2.05, 4.69) is 4.98 Å². The van der Waals surface area contributed by atoms with Crippen LogP contribution in [0.1, 0.15) is 25.3 Å². The van der Waals surface area contributed by atoms with E-state index in [1.54, 1.807) is 18.5 Å². The molecule has 0 saturated heterocycles. The second-order valence-electron chi connectivity index (χ2n) is 3.72. The van der Waals surface area contributed by atoms with Crippen molar-refractivity contribution in [3.63, 3.8) is 0 Å². The van der Waals surface area contributed by atoms with Gasteiger partial charge in [-0.05, 0) is 17.5 Å². The predicted molar refractivity (Wildman–Crippen MR) is 55.8 cm³/mol. The smallest absolute Gasteiger partial charge is 0.134 e. The zero-order valence-corrected chi connectivity index (χ0v) is 8.29. The Morgan fingerprint density at radius 3 is 2.71 bits per heavy atom. The van der Waals surface area contributed by atoms with Crippen molar-refractivity contribution < 1.29 is 4.39 Å². The number of nitrogens with zero attached hydrogens (tertiary/aromatic N) is 1. The Labute approximate surface area is 82.6 Å². The van der Waals surface area contributed by atoms with E-state index in [0.717, 1.165) is 10.9 Å². The minimum atomic E-state index is -0.111. The van der Waals surface area contributed by atoms with E-state index in [0.29, 0.717) is 5.39 Å². The highest BCUT2D eigenvalue weighted by Crippen LogP contribution is 2.25. The summed E-state index contributed by atoms with van der Waals surface area (Å²) in [7, 11) is 0. The van der Waals surface area contributed by atoms with E-state index in [4.69, 9.17) is 0 Å². The van der Waals surface area contributed by atoms with Gasteiger partial charge in [-0.3, -0.25) is 4.98 Å². The molecular formula is C12H12FN. The second kappa shape index (κ2) is 3.37. The third-order valence-corrected chi connectivity index (χ3v) is 2.41. The molecule has 1 heterocycles. The van der Waals surface area contributed by atoms with Crippen LogP contribution in [0.4, 0.5) is 4.39 Å². The fourth-order valence-electron chi connectivity index (χ4n) is 1.59. The third kappa shape index (κ3) is 1.37. The van der Waals surface area contributed by atoms with Crippen LogP contribution in [0.15, 0.2) is 30.6 Å². The maximum absolute atomic E-state index is 13.9. The van der Waals surface area contributed by atoms with Crippen molar-refractivity contribution in [2.45, 2.75) is 19.8 Å². The molecule has 1 aromatic carbocycles. The summed E-state index contributed by atoms with van der Waals surface area (Å²) in [6.45, 7) is 3.98. The van der Waals surface area contributed by atoms with Crippen molar-refractivity contribution >= 4 is 10.8 Å². The van der Waals surface area contributed by atoms with E-state index in [1.807, 2.05) is 26.0 Å². The summed E-state index contributed by atoms with van der Waals surface area (Å²) in [5.41, 5.74) is 0.767. The summed E-state index contributed by atoms with van der Waals surface area (Å²) >= 11 is 0. The number of hydrogen-bond acceptors (Lipinski definition) is 1. The molecule has 14 heavy (non-hydrogen) atoms. The minimum Gasteiger partial charge on any atom is -0.264 e. The van der Waals surface area contributed by atoms with Crippen molar-refractivity contribution in [3.8, 4) is 0 Å². The van der Waals surface area contributed by atoms with Gasteiger partial charge in [0.15, 0.2) is 0 Å². The number of pyridine rings is 1. The lowest BCUT2D eigenvalue weighted by molar-refractivity contribution is 0.610. The molecule has 1 aromatic heterocycles. The van der Waals surface area contributed by atoms with Gasteiger partial charge in [0, 0.05) is 23.2 Å². The third-order valence-electron chi connectivity index (χ3n) is 2.41. The summed E-state index contributed by atoms with van der Waals surface area (Å²) in [5, 5.41) is 1.51. The van der Waals surface area contributed by atoms with Gasteiger partial charge in [0.05, 0.1) is 0 Å². The number of aromatic nitrogens is 1. The van der Waals surface area contributed by atoms with Crippen molar-refractivity contribution in [3.05, 3.63) is 42.0 Å². The Morgan fingerprint density at radius 1 is 1.21 bits per heavy atom. The molecule has 0 aliphatic carbocycles. The first-order valence-electron chi connectivity index (χ1n) is 4.72. The molecule has 0 aliphatic rings. The van der Waals surface area contributed by atoms with E-state index < -0.39 is 0 Å². The molecule has 0 aliphatic heterocycles. The molecule has 0 bridgehead atoms. The maximum Gasteiger partial charge on any atom is 0.134 e. The number of fused-ring (bicyclic) bond motifs is 1. The lowest BCUT2D eigenvalue weighted by atomic mass is 9.99. The van der Waals surface area contributed by atoms with Gasteiger partial charge in [0.25, 0.3) is 0 Å². The highest BCUT2D eigenvalue weighted by atomic mass is 19.1. The Hall–Kier alpha value is -1.44. The van der Waals surface area contributed by atoms with Crippen molar-refractivity contribution in [2.24, 2.45) is 0 Å². The molecule has 1 nitrogen and oxygen atoms in total. The van der Waals surface area contributed by atoms with Crippen molar-refractivity contribution in [1.82, 2.24) is 4.98 Å². The standard InChI is InChI=1S/C12H12FN/c1-8(2)10-4-3-9-7-14-6-5-11(9)12(10)13/h3-8H,1-2H3. The number of rotatable bonds is 1. The van der Waals surface area contributed by atoms with Gasteiger partial charge in [-0.1, -0.05) is 26.0 Å². The molecule has 2 rings (SSSR count). The summed E-state index contributed by atoms with van der Waals surface area (Å²) in [4.78, 5) is 3.96. The van der Waals surface area contributed by atoms with Crippen molar-refractivity contribution in [1.29, 1.82) is 0 Å². The first-order chi connectivity index (χ1) is 6.70. The van der Waals surface area contributed by atoms with Gasteiger partial charge in [-0.15, -0.1) is 0 Å². The molecule has 0 N–H and O–H groups in total. The van der Waals surface area contributed by atoms with Crippen LogP contribution in [-0.4, -0.2) is 4.98 Å². The van der Waals surface area contributed by atoms with Crippen LogP contribution in [-0.2, 0) is 0 Å². The maximum atomic E-state index is 13.9. The lowest BCUT2D eigenvalue weighted by Gasteiger charge is -2.08. The van der Waals surface area contributed by atoms with Crippen molar-refractivity contribution in [2.75, 3.05) is 0 Å².